The Labute approximate surface area is 175 Å². The Morgan fingerprint density at radius 1 is 1.17 bits per heavy atom. The first-order valence-corrected chi connectivity index (χ1v) is 10.2. The molecule has 1 saturated heterocycles. The van der Waals surface area contributed by atoms with Crippen molar-refractivity contribution < 1.29 is 9.53 Å². The second-order valence-corrected chi connectivity index (χ2v) is 7.74. The lowest BCUT2D eigenvalue weighted by molar-refractivity contribution is -0.0212. The first-order chi connectivity index (χ1) is 14.5. The Balaban J connectivity index is 1.46. The lowest BCUT2D eigenvalue weighted by Gasteiger charge is -2.31. The topological polar surface area (TPSA) is 76.5 Å². The van der Waals surface area contributed by atoms with Gasteiger partial charge in [0.15, 0.2) is 5.69 Å². The van der Waals surface area contributed by atoms with Crippen LogP contribution in [0.5, 0.6) is 0 Å². The molecule has 2 aromatic carbocycles. The van der Waals surface area contributed by atoms with Crippen LogP contribution in [0, 0.1) is 0 Å². The molecule has 0 bridgehead atoms. The highest BCUT2D eigenvalue weighted by atomic mass is 16.5. The predicted octanol–water partition coefficient (Wildman–Crippen LogP) is 2.08. The number of benzene rings is 2. The Morgan fingerprint density at radius 2 is 1.93 bits per heavy atom. The molecule has 0 saturated carbocycles. The smallest absolute Gasteiger partial charge is 0.274 e. The molecule has 30 heavy (non-hydrogen) atoms. The van der Waals surface area contributed by atoms with E-state index < -0.39 is 0 Å². The van der Waals surface area contributed by atoms with Gasteiger partial charge in [0.1, 0.15) is 0 Å². The minimum Gasteiger partial charge on any atom is -0.376 e. The Hall–Kier alpha value is -3.03. The van der Waals surface area contributed by atoms with Crippen molar-refractivity contribution in [1.82, 2.24) is 20.0 Å². The number of carbonyl (C=O) groups is 1. The molecule has 1 amide bonds. The molecule has 1 atom stereocenters. The van der Waals surface area contributed by atoms with Gasteiger partial charge in [-0.25, -0.2) is 4.68 Å². The van der Waals surface area contributed by atoms with Crippen LogP contribution in [-0.2, 0) is 24.9 Å². The highest BCUT2D eigenvalue weighted by molar-refractivity contribution is 6.04. The monoisotopic (exact) mass is 406 g/mol. The molecular formula is C23H26N4O3. The number of rotatable bonds is 5. The maximum absolute atomic E-state index is 12.8. The summed E-state index contributed by atoms with van der Waals surface area (Å²) in [5, 5.41) is 8.18. The van der Waals surface area contributed by atoms with Gasteiger partial charge >= 0.3 is 0 Å². The van der Waals surface area contributed by atoms with Crippen molar-refractivity contribution in [2.75, 3.05) is 19.7 Å². The van der Waals surface area contributed by atoms with E-state index in [-0.39, 0.29) is 23.3 Å². The van der Waals surface area contributed by atoms with Crippen molar-refractivity contribution in [1.29, 1.82) is 0 Å². The number of carbonyl (C=O) groups excluding carboxylic acids is 1. The van der Waals surface area contributed by atoms with Gasteiger partial charge in [0.05, 0.1) is 18.1 Å². The molecule has 4 rings (SSSR count). The highest BCUT2D eigenvalue weighted by Gasteiger charge is 2.17. The summed E-state index contributed by atoms with van der Waals surface area (Å²) in [4.78, 5) is 27.5. The average Bonchev–Trinajstić information content (AvgIpc) is 2.75. The van der Waals surface area contributed by atoms with Crippen molar-refractivity contribution in [2.45, 2.75) is 26.1 Å². The number of nitrogens with one attached hydrogen (secondary N) is 1. The number of morpholine rings is 1. The van der Waals surface area contributed by atoms with E-state index in [0.29, 0.717) is 17.3 Å². The van der Waals surface area contributed by atoms with E-state index in [4.69, 9.17) is 4.74 Å². The summed E-state index contributed by atoms with van der Waals surface area (Å²) in [6.07, 6.45) is 0.255. The average molecular weight is 406 g/mol. The van der Waals surface area contributed by atoms with Crippen molar-refractivity contribution in [3.63, 3.8) is 0 Å². The second kappa shape index (κ2) is 8.77. The molecule has 156 valence electrons. The molecule has 1 unspecified atom stereocenters. The van der Waals surface area contributed by atoms with E-state index in [1.54, 1.807) is 31.3 Å². The third-order valence-corrected chi connectivity index (χ3v) is 5.35. The zero-order valence-corrected chi connectivity index (χ0v) is 17.3. The maximum Gasteiger partial charge on any atom is 0.274 e. The summed E-state index contributed by atoms with van der Waals surface area (Å²) in [5.41, 5.74) is 2.27. The fraction of sp³-hybridized carbons (Fsp3) is 0.348. The molecule has 1 aliphatic heterocycles. The summed E-state index contributed by atoms with van der Waals surface area (Å²) in [5.74, 6) is -0.297. The summed E-state index contributed by atoms with van der Waals surface area (Å²) >= 11 is 0. The third-order valence-electron chi connectivity index (χ3n) is 5.35. The normalized spacial score (nSPS) is 17.2. The number of hydrogen-bond acceptors (Lipinski definition) is 5. The second-order valence-electron chi connectivity index (χ2n) is 7.74. The Morgan fingerprint density at radius 3 is 2.73 bits per heavy atom. The zero-order valence-electron chi connectivity index (χ0n) is 17.3. The van der Waals surface area contributed by atoms with Gasteiger partial charge in [0, 0.05) is 38.6 Å². The number of ether oxygens (including phenoxy) is 1. The summed E-state index contributed by atoms with van der Waals surface area (Å²) in [7, 11) is 1.56. The van der Waals surface area contributed by atoms with Crippen molar-refractivity contribution in [3.8, 4) is 0 Å². The molecule has 0 aliphatic carbocycles. The van der Waals surface area contributed by atoms with E-state index >= 15 is 0 Å². The maximum atomic E-state index is 12.8. The summed E-state index contributed by atoms with van der Waals surface area (Å²) in [6.45, 7) is 5.96. The van der Waals surface area contributed by atoms with Gasteiger partial charge < -0.3 is 10.1 Å². The van der Waals surface area contributed by atoms with Crippen LogP contribution in [0.4, 0.5) is 0 Å². The number of hydrogen-bond donors (Lipinski definition) is 1. The van der Waals surface area contributed by atoms with Crippen LogP contribution in [0.15, 0.2) is 53.3 Å². The van der Waals surface area contributed by atoms with Gasteiger partial charge in [-0.05, 0) is 24.1 Å². The molecule has 7 heteroatoms. The standard InChI is InChI=1S/C23H26N4O3/c1-16-14-27(10-11-30-16)15-18-7-5-6-17(12-18)13-24-22(28)21-19-8-3-4-9-20(19)23(29)26(2)25-21/h3-9,12,16H,10-11,13-15H2,1-2H3,(H,24,28). The predicted molar refractivity (Wildman–Crippen MR) is 115 cm³/mol. The molecule has 0 radical (unpaired) electrons. The van der Waals surface area contributed by atoms with Gasteiger partial charge in [-0.15, -0.1) is 0 Å². The van der Waals surface area contributed by atoms with Crippen LogP contribution in [0.3, 0.4) is 0 Å². The Bertz CT molecular complexity index is 1120. The summed E-state index contributed by atoms with van der Waals surface area (Å²) < 4.78 is 6.82. The van der Waals surface area contributed by atoms with Crippen molar-refractivity contribution in [2.24, 2.45) is 7.05 Å². The van der Waals surface area contributed by atoms with Crippen LogP contribution >= 0.6 is 0 Å². The van der Waals surface area contributed by atoms with E-state index in [0.717, 1.165) is 31.8 Å². The summed E-state index contributed by atoms with van der Waals surface area (Å²) in [6, 6.07) is 15.3. The van der Waals surface area contributed by atoms with Gasteiger partial charge in [-0.2, -0.15) is 5.10 Å². The van der Waals surface area contributed by atoms with Crippen LogP contribution in [0.1, 0.15) is 28.5 Å². The van der Waals surface area contributed by atoms with E-state index in [9.17, 15) is 9.59 Å². The third kappa shape index (κ3) is 4.42. The highest BCUT2D eigenvalue weighted by Crippen LogP contribution is 2.14. The van der Waals surface area contributed by atoms with Crippen molar-refractivity contribution >= 4 is 16.7 Å². The lowest BCUT2D eigenvalue weighted by Crippen LogP contribution is -2.40. The van der Waals surface area contributed by atoms with Crippen LogP contribution in [-0.4, -0.2) is 46.4 Å². The Kier molecular flexibility index (Phi) is 5.92. The quantitative estimate of drug-likeness (QED) is 0.702. The molecule has 3 aromatic rings. The molecule has 7 nitrogen and oxygen atoms in total. The van der Waals surface area contributed by atoms with Crippen molar-refractivity contribution in [3.05, 3.63) is 75.7 Å². The van der Waals surface area contributed by atoms with Crippen LogP contribution in [0.25, 0.3) is 10.8 Å². The molecule has 1 aromatic heterocycles. The van der Waals surface area contributed by atoms with Gasteiger partial charge in [-0.1, -0.05) is 42.5 Å². The van der Waals surface area contributed by atoms with E-state index in [2.05, 4.69) is 34.4 Å². The van der Waals surface area contributed by atoms with Gasteiger partial charge in [-0.3, -0.25) is 14.5 Å². The minimum atomic E-state index is -0.297. The number of aryl methyl sites for hydroxylation is 1. The van der Waals surface area contributed by atoms with E-state index in [1.165, 1.54) is 10.2 Å². The SMILES string of the molecule is CC1CN(Cc2cccc(CNC(=O)c3nn(C)c(=O)c4ccccc34)c2)CCO1. The number of fused-ring (bicyclic) bond motifs is 1. The first-order valence-electron chi connectivity index (χ1n) is 10.2. The number of amides is 1. The molecule has 1 fully saturated rings. The molecule has 0 spiro atoms. The lowest BCUT2D eigenvalue weighted by atomic mass is 10.1. The van der Waals surface area contributed by atoms with E-state index in [1.807, 2.05) is 12.1 Å². The fourth-order valence-corrected chi connectivity index (χ4v) is 3.86. The molecule has 1 aliphatic rings. The molecule has 1 N–H and O–H groups in total. The minimum absolute atomic E-state index is 0.215. The van der Waals surface area contributed by atoms with Gasteiger partial charge in [0.2, 0.25) is 0 Å². The number of nitrogens with zero attached hydrogens (tertiary/aromatic N) is 3. The molecular weight excluding hydrogens is 380 g/mol. The fourth-order valence-electron chi connectivity index (χ4n) is 3.86. The van der Waals surface area contributed by atoms with Crippen LogP contribution < -0.4 is 10.9 Å². The zero-order chi connectivity index (χ0) is 21.1. The van der Waals surface area contributed by atoms with Gasteiger partial charge in [0.25, 0.3) is 11.5 Å². The van der Waals surface area contributed by atoms with Crippen LogP contribution in [0.2, 0.25) is 0 Å². The molecule has 2 heterocycles. The number of aromatic nitrogens is 2. The largest absolute Gasteiger partial charge is 0.376 e. The first kappa shape index (κ1) is 20.3.